The van der Waals surface area contributed by atoms with E-state index in [1.165, 1.54) is 30.3 Å². The Morgan fingerprint density at radius 2 is 1.89 bits per heavy atom. The summed E-state index contributed by atoms with van der Waals surface area (Å²) in [6, 6.07) is 8.52. The highest BCUT2D eigenvalue weighted by molar-refractivity contribution is 6.31. The third-order valence-corrected chi connectivity index (χ3v) is 2.90. The predicted octanol–water partition coefficient (Wildman–Crippen LogP) is 4.51. The monoisotopic (exact) mass is 268 g/mol. The molecule has 0 saturated heterocycles. The zero-order valence-electron chi connectivity index (χ0n) is 9.71. The van der Waals surface area contributed by atoms with Crippen molar-refractivity contribution in [2.75, 3.05) is 0 Å². The fourth-order valence-corrected chi connectivity index (χ4v) is 1.69. The highest BCUT2D eigenvalue weighted by Gasteiger charge is 2.04. The molecule has 0 radical (unpaired) electrons. The number of hydrogen-bond acceptors (Lipinski definition) is 1. The van der Waals surface area contributed by atoms with Crippen LogP contribution in [-0.2, 0) is 6.61 Å². The summed E-state index contributed by atoms with van der Waals surface area (Å²) >= 11 is 5.91. The standard InChI is InChI=1S/C14H11ClF2O/c1-9-6-12(3-5-14(9)17)18-8-10-7-11(16)2-4-13(10)15/h2-7H,8H2,1H3. The van der Waals surface area contributed by atoms with Crippen LogP contribution in [0.2, 0.25) is 5.02 Å². The van der Waals surface area contributed by atoms with Crippen LogP contribution in [0.25, 0.3) is 0 Å². The molecule has 0 amide bonds. The summed E-state index contributed by atoms with van der Waals surface area (Å²) in [4.78, 5) is 0. The SMILES string of the molecule is Cc1cc(OCc2cc(F)ccc2Cl)ccc1F. The molecule has 2 rings (SSSR count). The van der Waals surface area contributed by atoms with Crippen LogP contribution >= 0.6 is 11.6 Å². The van der Waals surface area contributed by atoms with Gasteiger partial charge in [-0.05, 0) is 48.9 Å². The molecule has 0 N–H and O–H groups in total. The van der Waals surface area contributed by atoms with Gasteiger partial charge in [0.05, 0.1) is 0 Å². The maximum atomic E-state index is 13.1. The van der Waals surface area contributed by atoms with E-state index < -0.39 is 0 Å². The molecule has 0 heterocycles. The number of rotatable bonds is 3. The summed E-state index contributed by atoms with van der Waals surface area (Å²) in [5.41, 5.74) is 1.05. The van der Waals surface area contributed by atoms with Crippen molar-refractivity contribution in [3.63, 3.8) is 0 Å². The van der Waals surface area contributed by atoms with Crippen molar-refractivity contribution in [3.8, 4) is 5.75 Å². The molecule has 1 nitrogen and oxygen atoms in total. The molecule has 0 aromatic heterocycles. The first-order valence-electron chi connectivity index (χ1n) is 5.39. The van der Waals surface area contributed by atoms with Crippen molar-refractivity contribution in [3.05, 3.63) is 64.2 Å². The molecule has 4 heteroatoms. The lowest BCUT2D eigenvalue weighted by molar-refractivity contribution is 0.305. The van der Waals surface area contributed by atoms with Crippen LogP contribution in [0.4, 0.5) is 8.78 Å². The summed E-state index contributed by atoms with van der Waals surface area (Å²) in [7, 11) is 0. The molecular formula is C14H11ClF2O. The Morgan fingerprint density at radius 1 is 1.11 bits per heavy atom. The van der Waals surface area contributed by atoms with Gasteiger partial charge in [-0.1, -0.05) is 11.6 Å². The topological polar surface area (TPSA) is 9.23 Å². The van der Waals surface area contributed by atoms with Crippen molar-refractivity contribution in [1.29, 1.82) is 0 Å². The van der Waals surface area contributed by atoms with E-state index in [1.54, 1.807) is 13.0 Å². The second-order valence-corrected chi connectivity index (χ2v) is 4.34. The quantitative estimate of drug-likeness (QED) is 0.796. The fourth-order valence-electron chi connectivity index (χ4n) is 1.52. The smallest absolute Gasteiger partial charge is 0.126 e. The number of halogens is 3. The molecule has 0 bridgehead atoms. The largest absolute Gasteiger partial charge is 0.489 e. The zero-order valence-corrected chi connectivity index (χ0v) is 10.5. The zero-order chi connectivity index (χ0) is 13.1. The third kappa shape index (κ3) is 2.99. The van der Waals surface area contributed by atoms with Crippen LogP contribution in [0.5, 0.6) is 5.75 Å². The second-order valence-electron chi connectivity index (χ2n) is 3.94. The third-order valence-electron chi connectivity index (χ3n) is 2.53. The summed E-state index contributed by atoms with van der Waals surface area (Å²) < 4.78 is 31.5. The molecule has 0 spiro atoms. The van der Waals surface area contributed by atoms with Crippen LogP contribution in [0, 0.1) is 18.6 Å². The van der Waals surface area contributed by atoms with Crippen molar-refractivity contribution < 1.29 is 13.5 Å². The van der Waals surface area contributed by atoms with Crippen LogP contribution in [0.15, 0.2) is 36.4 Å². The molecule has 0 aliphatic carbocycles. The number of aryl methyl sites for hydroxylation is 1. The maximum absolute atomic E-state index is 13.1. The first kappa shape index (κ1) is 12.8. The number of ether oxygens (including phenoxy) is 1. The molecular weight excluding hydrogens is 258 g/mol. The van der Waals surface area contributed by atoms with E-state index in [0.29, 0.717) is 21.9 Å². The van der Waals surface area contributed by atoms with Crippen molar-refractivity contribution in [1.82, 2.24) is 0 Å². The van der Waals surface area contributed by atoms with Crippen LogP contribution in [0.1, 0.15) is 11.1 Å². The van der Waals surface area contributed by atoms with Gasteiger partial charge in [0.15, 0.2) is 0 Å². The lowest BCUT2D eigenvalue weighted by Gasteiger charge is -2.08. The van der Waals surface area contributed by atoms with E-state index in [9.17, 15) is 8.78 Å². The lowest BCUT2D eigenvalue weighted by atomic mass is 10.2. The predicted molar refractivity (Wildman–Crippen MR) is 66.9 cm³/mol. The first-order valence-corrected chi connectivity index (χ1v) is 5.77. The Morgan fingerprint density at radius 3 is 2.61 bits per heavy atom. The Hall–Kier alpha value is -1.61. The van der Waals surface area contributed by atoms with Crippen LogP contribution in [-0.4, -0.2) is 0 Å². The molecule has 0 fully saturated rings. The molecule has 18 heavy (non-hydrogen) atoms. The number of hydrogen-bond donors (Lipinski definition) is 0. The van der Waals surface area contributed by atoms with Gasteiger partial charge >= 0.3 is 0 Å². The van der Waals surface area contributed by atoms with Crippen molar-refractivity contribution >= 4 is 11.6 Å². The molecule has 0 aliphatic rings. The highest BCUT2D eigenvalue weighted by atomic mass is 35.5. The normalized spacial score (nSPS) is 10.4. The van der Waals surface area contributed by atoms with E-state index in [1.807, 2.05) is 0 Å². The Balaban J connectivity index is 2.11. The van der Waals surface area contributed by atoms with Crippen LogP contribution in [0.3, 0.4) is 0 Å². The Kier molecular flexibility index (Phi) is 3.82. The maximum Gasteiger partial charge on any atom is 0.126 e. The van der Waals surface area contributed by atoms with Gasteiger partial charge in [0.2, 0.25) is 0 Å². The van der Waals surface area contributed by atoms with Gasteiger partial charge in [-0.15, -0.1) is 0 Å². The van der Waals surface area contributed by atoms with E-state index in [4.69, 9.17) is 16.3 Å². The summed E-state index contributed by atoms with van der Waals surface area (Å²) in [5, 5.41) is 0.440. The fraction of sp³-hybridized carbons (Fsp3) is 0.143. The molecule has 94 valence electrons. The average molecular weight is 269 g/mol. The van der Waals surface area contributed by atoms with Gasteiger partial charge in [-0.2, -0.15) is 0 Å². The highest BCUT2D eigenvalue weighted by Crippen LogP contribution is 2.21. The van der Waals surface area contributed by atoms with Crippen LogP contribution < -0.4 is 4.74 Å². The molecule has 0 saturated carbocycles. The van der Waals surface area contributed by atoms with Gasteiger partial charge < -0.3 is 4.74 Å². The summed E-state index contributed by atoms with van der Waals surface area (Å²) in [6.45, 7) is 1.79. The molecule has 2 aromatic rings. The Bertz CT molecular complexity index is 570. The van der Waals surface area contributed by atoms with Gasteiger partial charge in [0.1, 0.15) is 24.0 Å². The lowest BCUT2D eigenvalue weighted by Crippen LogP contribution is -1.97. The summed E-state index contributed by atoms with van der Waals surface area (Å²) in [6.07, 6.45) is 0. The minimum atomic E-state index is -0.367. The molecule has 0 aliphatic heterocycles. The second kappa shape index (κ2) is 5.36. The van der Waals surface area contributed by atoms with Gasteiger partial charge in [-0.3, -0.25) is 0 Å². The minimum absolute atomic E-state index is 0.141. The Labute approximate surface area is 109 Å². The minimum Gasteiger partial charge on any atom is -0.489 e. The molecule has 0 unspecified atom stereocenters. The van der Waals surface area contributed by atoms with E-state index in [0.717, 1.165) is 0 Å². The van der Waals surface area contributed by atoms with Gasteiger partial charge in [0, 0.05) is 10.6 Å². The molecule has 2 aromatic carbocycles. The summed E-state index contributed by atoms with van der Waals surface area (Å²) in [5.74, 6) is -0.131. The van der Waals surface area contributed by atoms with Crippen molar-refractivity contribution in [2.24, 2.45) is 0 Å². The van der Waals surface area contributed by atoms with Crippen molar-refractivity contribution in [2.45, 2.75) is 13.5 Å². The van der Waals surface area contributed by atoms with E-state index in [2.05, 4.69) is 0 Å². The number of benzene rings is 2. The first-order chi connectivity index (χ1) is 8.56. The van der Waals surface area contributed by atoms with E-state index in [-0.39, 0.29) is 18.2 Å². The van der Waals surface area contributed by atoms with E-state index >= 15 is 0 Å². The van der Waals surface area contributed by atoms with Gasteiger partial charge in [0.25, 0.3) is 0 Å². The average Bonchev–Trinajstić information content (AvgIpc) is 2.34. The molecule has 0 atom stereocenters. The van der Waals surface area contributed by atoms with Gasteiger partial charge in [-0.25, -0.2) is 8.78 Å².